The Morgan fingerprint density at radius 2 is 1.92 bits per heavy atom. The van der Waals surface area contributed by atoms with E-state index in [0.717, 1.165) is 12.6 Å². The van der Waals surface area contributed by atoms with Crippen molar-refractivity contribution < 1.29 is 4.74 Å². The van der Waals surface area contributed by atoms with E-state index >= 15 is 0 Å². The Morgan fingerprint density at radius 1 is 1.15 bits per heavy atom. The van der Waals surface area contributed by atoms with Crippen molar-refractivity contribution in [1.82, 2.24) is 15.5 Å². The molecule has 5 nitrogen and oxygen atoms in total. The number of aliphatic imine (C=N–C) groups is 1. The third kappa shape index (κ3) is 3.37. The molecule has 3 unspecified atom stereocenters. The average Bonchev–Trinajstić information content (AvgIpc) is 3.33. The number of piperidine rings is 1. The van der Waals surface area contributed by atoms with Crippen molar-refractivity contribution in [1.29, 1.82) is 0 Å². The zero-order chi connectivity index (χ0) is 18.0. The summed E-state index contributed by atoms with van der Waals surface area (Å²) >= 11 is 0. The predicted molar refractivity (Wildman–Crippen MR) is 107 cm³/mol. The zero-order valence-corrected chi connectivity index (χ0v) is 16.8. The van der Waals surface area contributed by atoms with Gasteiger partial charge in [0.05, 0.1) is 6.10 Å². The molecule has 148 valence electrons. The van der Waals surface area contributed by atoms with Crippen LogP contribution < -0.4 is 10.6 Å². The average molecular weight is 363 g/mol. The van der Waals surface area contributed by atoms with E-state index in [4.69, 9.17) is 4.74 Å². The minimum absolute atomic E-state index is 0.391. The molecule has 5 heteroatoms. The number of nitrogens with one attached hydrogen (secondary N) is 2. The second kappa shape index (κ2) is 8.05. The summed E-state index contributed by atoms with van der Waals surface area (Å²) in [6, 6.07) is 1.13. The summed E-state index contributed by atoms with van der Waals surface area (Å²) in [4.78, 5) is 7.20. The van der Waals surface area contributed by atoms with E-state index in [1.807, 2.05) is 7.05 Å². The van der Waals surface area contributed by atoms with Crippen molar-refractivity contribution in [3.05, 3.63) is 0 Å². The molecule has 2 saturated carbocycles. The molecule has 4 rings (SSSR count). The minimum atomic E-state index is 0.391. The van der Waals surface area contributed by atoms with Gasteiger partial charge in [-0.05, 0) is 45.1 Å². The largest absolute Gasteiger partial charge is 0.377 e. The van der Waals surface area contributed by atoms with Gasteiger partial charge in [-0.2, -0.15) is 0 Å². The van der Waals surface area contributed by atoms with Crippen LogP contribution in [0.2, 0.25) is 0 Å². The molecular weight excluding hydrogens is 324 g/mol. The van der Waals surface area contributed by atoms with Gasteiger partial charge in [-0.1, -0.05) is 26.2 Å². The molecule has 0 amide bonds. The van der Waals surface area contributed by atoms with E-state index in [2.05, 4.69) is 27.4 Å². The van der Waals surface area contributed by atoms with Crippen LogP contribution in [0, 0.1) is 11.3 Å². The van der Waals surface area contributed by atoms with Crippen molar-refractivity contribution >= 4 is 5.96 Å². The summed E-state index contributed by atoms with van der Waals surface area (Å²) in [5.74, 6) is 1.72. The third-order valence-electron chi connectivity index (χ3n) is 7.56. The van der Waals surface area contributed by atoms with Crippen LogP contribution in [0.4, 0.5) is 0 Å². The van der Waals surface area contributed by atoms with E-state index in [0.29, 0.717) is 29.5 Å². The van der Waals surface area contributed by atoms with E-state index in [-0.39, 0.29) is 0 Å². The van der Waals surface area contributed by atoms with Crippen molar-refractivity contribution in [3.8, 4) is 0 Å². The number of guanidine groups is 1. The lowest BCUT2D eigenvalue weighted by Gasteiger charge is -2.57. The molecule has 2 heterocycles. The molecule has 1 spiro atoms. The van der Waals surface area contributed by atoms with Crippen LogP contribution in [0.25, 0.3) is 0 Å². The first-order valence-corrected chi connectivity index (χ1v) is 11.1. The summed E-state index contributed by atoms with van der Waals surface area (Å²) in [5, 5.41) is 7.58. The Hall–Kier alpha value is -0.810. The number of ether oxygens (including phenoxy) is 1. The lowest BCUT2D eigenvalue weighted by atomic mass is 9.54. The molecule has 0 radical (unpaired) electrons. The number of hydrogen-bond acceptors (Lipinski definition) is 3. The molecule has 3 atom stereocenters. The molecule has 0 aromatic heterocycles. The summed E-state index contributed by atoms with van der Waals surface area (Å²) in [6.45, 7) is 6.95. The molecule has 2 N–H and O–H groups in total. The van der Waals surface area contributed by atoms with Crippen LogP contribution in [0.1, 0.15) is 64.7 Å². The first-order chi connectivity index (χ1) is 12.8. The van der Waals surface area contributed by atoms with Gasteiger partial charge < -0.3 is 20.3 Å². The van der Waals surface area contributed by atoms with Crippen LogP contribution in [0.5, 0.6) is 0 Å². The number of rotatable bonds is 5. The minimum Gasteiger partial charge on any atom is -0.377 e. The Balaban J connectivity index is 1.30. The molecule has 0 aromatic rings. The van der Waals surface area contributed by atoms with Gasteiger partial charge in [-0.15, -0.1) is 0 Å². The van der Waals surface area contributed by atoms with Crippen LogP contribution in [-0.4, -0.2) is 62.3 Å². The maximum absolute atomic E-state index is 6.12. The van der Waals surface area contributed by atoms with Crippen molar-refractivity contribution in [2.75, 3.05) is 33.3 Å². The fourth-order valence-corrected chi connectivity index (χ4v) is 6.10. The van der Waals surface area contributed by atoms with Crippen LogP contribution in [0.3, 0.4) is 0 Å². The molecule has 2 aliphatic heterocycles. The summed E-state index contributed by atoms with van der Waals surface area (Å²) < 4.78 is 6.12. The molecule has 2 saturated heterocycles. The second-order valence-corrected chi connectivity index (χ2v) is 8.99. The highest BCUT2D eigenvalue weighted by Crippen LogP contribution is 2.60. The topological polar surface area (TPSA) is 48.9 Å². The van der Waals surface area contributed by atoms with Crippen LogP contribution in [0.15, 0.2) is 4.99 Å². The molecular formula is C21H38N4O. The highest BCUT2D eigenvalue weighted by molar-refractivity contribution is 5.80. The smallest absolute Gasteiger partial charge is 0.191 e. The van der Waals surface area contributed by atoms with Gasteiger partial charge in [0.1, 0.15) is 0 Å². The van der Waals surface area contributed by atoms with Crippen LogP contribution >= 0.6 is 0 Å². The van der Waals surface area contributed by atoms with E-state index < -0.39 is 0 Å². The maximum Gasteiger partial charge on any atom is 0.191 e. The SMILES string of the molecule is CCCCN1CCC(NC(=NC)NC2C3CCOC3C23CCCC3)CC1. The third-order valence-corrected chi connectivity index (χ3v) is 7.56. The molecule has 0 bridgehead atoms. The van der Waals surface area contributed by atoms with Gasteiger partial charge in [0.15, 0.2) is 5.96 Å². The summed E-state index contributed by atoms with van der Waals surface area (Å²) in [7, 11) is 1.92. The van der Waals surface area contributed by atoms with Gasteiger partial charge in [0.2, 0.25) is 0 Å². The van der Waals surface area contributed by atoms with Crippen LogP contribution in [-0.2, 0) is 4.74 Å². The first-order valence-electron chi connectivity index (χ1n) is 11.1. The number of fused-ring (bicyclic) bond motifs is 2. The molecule has 0 aromatic carbocycles. The van der Waals surface area contributed by atoms with Gasteiger partial charge >= 0.3 is 0 Å². The van der Waals surface area contributed by atoms with E-state index in [1.165, 1.54) is 77.4 Å². The fraction of sp³-hybridized carbons (Fsp3) is 0.952. The number of hydrogen-bond donors (Lipinski definition) is 2. The number of unbranched alkanes of at least 4 members (excludes halogenated alkanes) is 1. The van der Waals surface area contributed by atoms with Gasteiger partial charge in [0, 0.05) is 50.2 Å². The van der Waals surface area contributed by atoms with Gasteiger partial charge in [-0.3, -0.25) is 4.99 Å². The Morgan fingerprint density at radius 3 is 2.62 bits per heavy atom. The van der Waals surface area contributed by atoms with Crippen molar-refractivity contribution in [2.24, 2.45) is 16.3 Å². The molecule has 4 fully saturated rings. The highest BCUT2D eigenvalue weighted by Gasteiger charge is 2.65. The highest BCUT2D eigenvalue weighted by atomic mass is 16.5. The fourth-order valence-electron chi connectivity index (χ4n) is 6.10. The van der Waals surface area contributed by atoms with Gasteiger partial charge in [0.25, 0.3) is 0 Å². The second-order valence-electron chi connectivity index (χ2n) is 8.99. The lowest BCUT2D eigenvalue weighted by molar-refractivity contribution is -0.125. The molecule has 4 aliphatic rings. The lowest BCUT2D eigenvalue weighted by Crippen LogP contribution is -2.69. The standard InChI is InChI=1S/C21H38N4O/c1-3-4-12-25-13-7-16(8-14-25)23-20(22-2)24-18-17-9-15-26-19(17)21(18)10-5-6-11-21/h16-19H,3-15H2,1-2H3,(H2,22,23,24). The van der Waals surface area contributed by atoms with Crippen molar-refractivity contribution in [3.63, 3.8) is 0 Å². The molecule has 26 heavy (non-hydrogen) atoms. The molecule has 2 aliphatic carbocycles. The van der Waals surface area contributed by atoms with Gasteiger partial charge in [-0.25, -0.2) is 0 Å². The zero-order valence-electron chi connectivity index (χ0n) is 16.8. The predicted octanol–water partition coefficient (Wildman–Crippen LogP) is 2.76. The monoisotopic (exact) mass is 362 g/mol. The Bertz CT molecular complexity index is 494. The van der Waals surface area contributed by atoms with E-state index in [1.54, 1.807) is 0 Å². The summed E-state index contributed by atoms with van der Waals surface area (Å²) in [6.07, 6.45) is 12.2. The maximum atomic E-state index is 6.12. The van der Waals surface area contributed by atoms with E-state index in [9.17, 15) is 0 Å². The quantitative estimate of drug-likeness (QED) is 0.583. The number of likely N-dealkylation sites (tertiary alicyclic amines) is 1. The first kappa shape index (κ1) is 18.5. The van der Waals surface area contributed by atoms with Crippen molar-refractivity contribution in [2.45, 2.75) is 82.9 Å². The summed E-state index contributed by atoms with van der Waals surface area (Å²) in [5.41, 5.74) is 0.391. The normalized spacial score (nSPS) is 34.7. The Kier molecular flexibility index (Phi) is 5.75. The number of nitrogens with zero attached hydrogens (tertiary/aromatic N) is 2. The Labute approximate surface area is 159 Å².